The molecule has 0 bridgehead atoms. The molecule has 3 nitrogen and oxygen atoms in total. The Morgan fingerprint density at radius 2 is 1.90 bits per heavy atom. The predicted octanol–water partition coefficient (Wildman–Crippen LogP) is 6.75. The Bertz CT molecular complexity index is 1060. The lowest BCUT2D eigenvalue weighted by molar-refractivity contribution is 0.107. The lowest BCUT2D eigenvalue weighted by Crippen LogP contribution is -2.11. The minimum absolute atomic E-state index is 0.0990. The Morgan fingerprint density at radius 3 is 2.59 bits per heavy atom. The van der Waals surface area contributed by atoms with Gasteiger partial charge in [0.1, 0.15) is 11.5 Å². The largest absolute Gasteiger partial charge is 0.274 e. The molecule has 150 valence electrons. The van der Waals surface area contributed by atoms with Gasteiger partial charge in [-0.1, -0.05) is 41.8 Å². The molecule has 1 aliphatic carbocycles. The molecule has 1 aliphatic rings. The molecule has 1 aromatic heterocycles. The predicted molar refractivity (Wildman–Crippen MR) is 114 cm³/mol. The van der Waals surface area contributed by atoms with Crippen molar-refractivity contribution in [2.45, 2.75) is 38.0 Å². The molecule has 0 N–H and O–H groups in total. The third-order valence-electron chi connectivity index (χ3n) is 5.36. The van der Waals surface area contributed by atoms with E-state index >= 15 is 0 Å². The van der Waals surface area contributed by atoms with Crippen LogP contribution in [0.25, 0.3) is 5.69 Å². The maximum Gasteiger partial charge on any atom is 0.273 e. The number of halogens is 4. The van der Waals surface area contributed by atoms with Crippen molar-refractivity contribution in [3.63, 3.8) is 0 Å². The summed E-state index contributed by atoms with van der Waals surface area (Å²) in [5, 5.41) is 4.94. The number of hydrogen-bond acceptors (Lipinski definition) is 2. The fourth-order valence-corrected chi connectivity index (χ4v) is 4.70. The lowest BCUT2D eigenvalue weighted by atomic mass is 9.91. The Labute approximate surface area is 183 Å². The summed E-state index contributed by atoms with van der Waals surface area (Å²) in [5.74, 6) is -0.162. The molecular formula is C22H18Cl3FN2O. The van der Waals surface area contributed by atoms with Gasteiger partial charge in [-0.25, -0.2) is 9.07 Å². The Morgan fingerprint density at radius 1 is 1.14 bits per heavy atom. The summed E-state index contributed by atoms with van der Waals surface area (Å²) in [7, 11) is 0. The van der Waals surface area contributed by atoms with E-state index in [9.17, 15) is 9.18 Å². The second-order valence-electron chi connectivity index (χ2n) is 7.27. The molecule has 1 atom stereocenters. The van der Waals surface area contributed by atoms with Gasteiger partial charge in [0, 0.05) is 16.5 Å². The first kappa shape index (κ1) is 20.4. The summed E-state index contributed by atoms with van der Waals surface area (Å²) in [6, 6.07) is 11.7. The summed E-state index contributed by atoms with van der Waals surface area (Å²) in [6.45, 7) is 0. The molecule has 1 heterocycles. The number of nitrogens with zero attached hydrogens (tertiary/aromatic N) is 2. The zero-order valence-corrected chi connectivity index (χ0v) is 17.7. The van der Waals surface area contributed by atoms with E-state index in [2.05, 4.69) is 5.10 Å². The molecule has 0 spiro atoms. The third-order valence-corrected chi connectivity index (χ3v) is 6.08. The molecule has 0 fully saturated rings. The first-order valence-electron chi connectivity index (χ1n) is 9.45. The normalized spacial score (nSPS) is 16.3. The first-order chi connectivity index (χ1) is 13.9. The van der Waals surface area contributed by atoms with E-state index in [4.69, 9.17) is 34.8 Å². The average Bonchev–Trinajstić information content (AvgIpc) is 2.93. The van der Waals surface area contributed by atoms with Crippen LogP contribution in [-0.4, -0.2) is 15.0 Å². The highest BCUT2D eigenvalue weighted by molar-refractivity contribution is 6.67. The van der Waals surface area contributed by atoms with Gasteiger partial charge in [0.2, 0.25) is 0 Å². The summed E-state index contributed by atoms with van der Waals surface area (Å²) in [6.07, 6.45) is 4.33. The van der Waals surface area contributed by atoms with Gasteiger partial charge in [0.25, 0.3) is 5.24 Å². The second-order valence-corrected chi connectivity index (χ2v) is 8.45. The highest BCUT2D eigenvalue weighted by atomic mass is 35.5. The molecule has 0 aliphatic heterocycles. The molecule has 4 rings (SSSR count). The van der Waals surface area contributed by atoms with Crippen LogP contribution in [0.4, 0.5) is 4.39 Å². The number of rotatable bonds is 4. The molecule has 29 heavy (non-hydrogen) atoms. The van der Waals surface area contributed by atoms with Gasteiger partial charge in [0.15, 0.2) is 0 Å². The topological polar surface area (TPSA) is 34.9 Å². The third kappa shape index (κ3) is 4.20. The van der Waals surface area contributed by atoms with Gasteiger partial charge in [0.05, 0.1) is 16.4 Å². The Hall–Kier alpha value is -1.88. The van der Waals surface area contributed by atoms with Crippen LogP contribution in [0, 0.1) is 5.82 Å². The lowest BCUT2D eigenvalue weighted by Gasteiger charge is -2.19. The van der Waals surface area contributed by atoms with Gasteiger partial charge in [-0.3, -0.25) is 4.79 Å². The zero-order valence-electron chi connectivity index (χ0n) is 15.5. The zero-order chi connectivity index (χ0) is 20.5. The van der Waals surface area contributed by atoms with Crippen LogP contribution in [0.5, 0.6) is 0 Å². The van der Waals surface area contributed by atoms with Crippen LogP contribution in [0.1, 0.15) is 52.5 Å². The van der Waals surface area contributed by atoms with Crippen molar-refractivity contribution in [3.8, 4) is 5.69 Å². The second kappa shape index (κ2) is 8.47. The smallest absolute Gasteiger partial charge is 0.273 e. The van der Waals surface area contributed by atoms with Crippen molar-refractivity contribution in [3.05, 3.63) is 80.8 Å². The van der Waals surface area contributed by atoms with Crippen molar-refractivity contribution >= 4 is 40.0 Å². The van der Waals surface area contributed by atoms with Crippen molar-refractivity contribution in [2.75, 3.05) is 0 Å². The van der Waals surface area contributed by atoms with E-state index in [0.29, 0.717) is 22.2 Å². The van der Waals surface area contributed by atoms with E-state index in [-0.39, 0.29) is 17.4 Å². The monoisotopic (exact) mass is 450 g/mol. The summed E-state index contributed by atoms with van der Waals surface area (Å²) in [4.78, 5) is 12.1. The Kier molecular flexibility index (Phi) is 5.95. The fourth-order valence-electron chi connectivity index (χ4n) is 4.06. The maximum absolute atomic E-state index is 13.3. The molecule has 0 amide bonds. The number of carbonyl (C=O) groups is 1. The summed E-state index contributed by atoms with van der Waals surface area (Å²) >= 11 is 18.4. The first-order valence-corrected chi connectivity index (χ1v) is 10.6. The SMILES string of the molecule is O=C(Cl)c1nn(-c2ccc(Cl)cc2Cl)c2c1CCCCC2Cc1ccc(F)cc1. The highest BCUT2D eigenvalue weighted by Gasteiger charge is 2.30. The molecule has 0 saturated carbocycles. The number of benzene rings is 2. The van der Waals surface area contributed by atoms with Gasteiger partial charge in [-0.2, -0.15) is 5.10 Å². The highest BCUT2D eigenvalue weighted by Crippen LogP contribution is 2.38. The molecule has 3 aromatic rings. The molecule has 0 radical (unpaired) electrons. The number of carbonyl (C=O) groups excluding carboxylic acids is 1. The van der Waals surface area contributed by atoms with Gasteiger partial charge in [-0.15, -0.1) is 0 Å². The van der Waals surface area contributed by atoms with Crippen LogP contribution >= 0.6 is 34.8 Å². The summed E-state index contributed by atoms with van der Waals surface area (Å²) in [5.41, 5.74) is 3.78. The molecule has 1 unspecified atom stereocenters. The number of aromatic nitrogens is 2. The molecule has 2 aromatic carbocycles. The quantitative estimate of drug-likeness (QED) is 0.325. The van der Waals surface area contributed by atoms with Crippen LogP contribution in [0.3, 0.4) is 0 Å². The van der Waals surface area contributed by atoms with Crippen molar-refractivity contribution < 1.29 is 9.18 Å². The van der Waals surface area contributed by atoms with E-state index in [1.54, 1.807) is 35.0 Å². The Balaban J connectivity index is 1.86. The van der Waals surface area contributed by atoms with Gasteiger partial charge < -0.3 is 0 Å². The minimum atomic E-state index is -0.576. The van der Waals surface area contributed by atoms with Crippen LogP contribution in [0.15, 0.2) is 42.5 Å². The molecule has 0 saturated heterocycles. The van der Waals surface area contributed by atoms with E-state index < -0.39 is 5.24 Å². The van der Waals surface area contributed by atoms with E-state index in [1.807, 2.05) is 0 Å². The van der Waals surface area contributed by atoms with Crippen molar-refractivity contribution in [2.24, 2.45) is 0 Å². The summed E-state index contributed by atoms with van der Waals surface area (Å²) < 4.78 is 15.1. The van der Waals surface area contributed by atoms with Crippen LogP contribution < -0.4 is 0 Å². The van der Waals surface area contributed by atoms with E-state index in [0.717, 1.165) is 42.5 Å². The van der Waals surface area contributed by atoms with Crippen LogP contribution in [0.2, 0.25) is 10.0 Å². The number of hydrogen-bond donors (Lipinski definition) is 0. The van der Waals surface area contributed by atoms with Crippen LogP contribution in [-0.2, 0) is 12.8 Å². The van der Waals surface area contributed by atoms with Gasteiger partial charge in [-0.05, 0) is 73.2 Å². The standard InChI is InChI=1S/C22H18Cl3FN2O/c23-15-7-10-19(18(24)12-15)28-21-14(11-13-5-8-16(26)9-6-13)3-1-2-4-17(21)20(27-28)22(25)29/h5-10,12,14H,1-4,11H2. The number of fused-ring (bicyclic) bond motifs is 1. The van der Waals surface area contributed by atoms with Gasteiger partial charge >= 0.3 is 0 Å². The maximum atomic E-state index is 13.3. The average molecular weight is 452 g/mol. The minimum Gasteiger partial charge on any atom is -0.274 e. The van der Waals surface area contributed by atoms with Crippen molar-refractivity contribution in [1.82, 2.24) is 9.78 Å². The van der Waals surface area contributed by atoms with E-state index in [1.165, 1.54) is 12.1 Å². The molecular weight excluding hydrogens is 434 g/mol. The fraction of sp³-hybridized carbons (Fsp3) is 0.273. The molecule has 7 heteroatoms. The van der Waals surface area contributed by atoms with Crippen molar-refractivity contribution in [1.29, 1.82) is 0 Å².